The maximum Gasteiger partial charge on any atom is 0.237 e. The van der Waals surface area contributed by atoms with Gasteiger partial charge in [0, 0.05) is 17.7 Å². The molecule has 0 radical (unpaired) electrons. The number of rotatable bonds is 6. The summed E-state index contributed by atoms with van der Waals surface area (Å²) in [7, 11) is 0. The van der Waals surface area contributed by atoms with Crippen LogP contribution in [-0.4, -0.2) is 22.6 Å². The van der Waals surface area contributed by atoms with Crippen molar-refractivity contribution >= 4 is 17.8 Å². The molecule has 3 aromatic carbocycles. The van der Waals surface area contributed by atoms with Crippen molar-refractivity contribution < 1.29 is 9.59 Å². The molecule has 3 heteroatoms. The van der Waals surface area contributed by atoms with E-state index in [1.165, 1.54) is 11.1 Å². The fourth-order valence-electron chi connectivity index (χ4n) is 4.43. The van der Waals surface area contributed by atoms with E-state index in [9.17, 15) is 9.59 Å². The smallest absolute Gasteiger partial charge is 0.237 e. The number of amides is 1. The maximum absolute atomic E-state index is 13.3. The van der Waals surface area contributed by atoms with Gasteiger partial charge in [-0.25, -0.2) is 0 Å². The summed E-state index contributed by atoms with van der Waals surface area (Å²) in [6, 6.07) is 28.7. The predicted octanol–water partition coefficient (Wildman–Crippen LogP) is 6.40. The number of hydrogen-bond donors (Lipinski definition) is 0. The van der Waals surface area contributed by atoms with Gasteiger partial charge in [0.1, 0.15) is 0 Å². The fourth-order valence-corrected chi connectivity index (χ4v) is 4.43. The minimum atomic E-state index is -0.584. The molecule has 0 saturated carbocycles. The molecule has 168 valence electrons. The van der Waals surface area contributed by atoms with Crippen molar-refractivity contribution in [3.8, 4) is 11.1 Å². The predicted molar refractivity (Wildman–Crippen MR) is 134 cm³/mol. The molecule has 0 bridgehead atoms. The number of carbonyl (C=O) groups excluding carboxylic acids is 2. The Labute approximate surface area is 196 Å². The Hall–Kier alpha value is -3.46. The summed E-state index contributed by atoms with van der Waals surface area (Å²) in [5.74, 6) is -0.653. The van der Waals surface area contributed by atoms with Crippen molar-refractivity contribution in [3.63, 3.8) is 0 Å². The molecule has 1 heterocycles. The van der Waals surface area contributed by atoms with Crippen LogP contribution in [0.2, 0.25) is 0 Å². The molecule has 1 unspecified atom stereocenters. The number of Topliss-reactive ketones (excluding diaryl/α,β-unsaturated/α-hetero) is 1. The first-order valence-corrected chi connectivity index (χ1v) is 11.6. The van der Waals surface area contributed by atoms with Crippen LogP contribution in [0.5, 0.6) is 0 Å². The van der Waals surface area contributed by atoms with Crippen LogP contribution in [0.3, 0.4) is 0 Å². The van der Waals surface area contributed by atoms with Gasteiger partial charge in [-0.05, 0) is 41.2 Å². The summed E-state index contributed by atoms with van der Waals surface area (Å²) in [5.41, 5.74) is 4.00. The number of hydrogen-bond acceptors (Lipinski definition) is 2. The van der Waals surface area contributed by atoms with E-state index in [0.717, 1.165) is 11.1 Å². The van der Waals surface area contributed by atoms with Crippen LogP contribution in [0.15, 0.2) is 91.1 Å². The second-order valence-electron chi connectivity index (χ2n) is 9.80. The molecular weight excluding hydrogens is 406 g/mol. The first-order chi connectivity index (χ1) is 15.8. The molecule has 1 saturated heterocycles. The van der Waals surface area contributed by atoms with Crippen LogP contribution in [0.4, 0.5) is 0 Å². The Kier molecular flexibility index (Phi) is 6.60. The average Bonchev–Trinajstić information content (AvgIpc) is 3.13. The highest BCUT2D eigenvalue weighted by Crippen LogP contribution is 2.34. The topological polar surface area (TPSA) is 37.4 Å². The number of likely N-dealkylation sites (tertiary alicyclic amines) is 1. The van der Waals surface area contributed by atoms with Crippen molar-refractivity contribution in [1.82, 2.24) is 4.90 Å². The molecule has 1 fully saturated rings. The molecule has 0 aliphatic carbocycles. The molecule has 1 amide bonds. The minimum Gasteiger partial charge on any atom is -0.315 e. The van der Waals surface area contributed by atoms with E-state index in [2.05, 4.69) is 36.4 Å². The third-order valence-electron chi connectivity index (χ3n) is 6.27. The molecule has 3 nitrogen and oxygen atoms in total. The van der Waals surface area contributed by atoms with E-state index in [4.69, 9.17) is 0 Å². The van der Waals surface area contributed by atoms with E-state index < -0.39 is 11.3 Å². The number of ketones is 1. The van der Waals surface area contributed by atoms with Gasteiger partial charge >= 0.3 is 0 Å². The minimum absolute atomic E-state index is 0.0209. The zero-order valence-corrected chi connectivity index (χ0v) is 19.6. The van der Waals surface area contributed by atoms with Crippen molar-refractivity contribution in [3.05, 3.63) is 102 Å². The summed E-state index contributed by atoms with van der Waals surface area (Å²) < 4.78 is 0. The van der Waals surface area contributed by atoms with Crippen LogP contribution >= 0.6 is 0 Å². The summed E-state index contributed by atoms with van der Waals surface area (Å²) in [4.78, 5) is 28.1. The summed E-state index contributed by atoms with van der Waals surface area (Å²) in [5, 5.41) is 0. The molecule has 0 spiro atoms. The van der Waals surface area contributed by atoms with Gasteiger partial charge in [0.25, 0.3) is 0 Å². The average molecular weight is 438 g/mol. The highest BCUT2D eigenvalue weighted by molar-refractivity contribution is 6.05. The quantitative estimate of drug-likeness (QED) is 0.419. The van der Waals surface area contributed by atoms with Crippen molar-refractivity contribution in [2.45, 2.75) is 39.7 Å². The van der Waals surface area contributed by atoms with Crippen LogP contribution in [-0.2, 0) is 16.0 Å². The molecule has 4 rings (SSSR count). The maximum atomic E-state index is 13.3. The Bertz CT molecular complexity index is 1130. The molecular formula is C30H31NO2. The number of benzene rings is 3. The summed E-state index contributed by atoms with van der Waals surface area (Å²) in [6.07, 6.45) is 5.08. The Morgan fingerprint density at radius 1 is 0.879 bits per heavy atom. The molecule has 3 aromatic rings. The Morgan fingerprint density at radius 3 is 2.06 bits per heavy atom. The molecule has 1 aliphatic heterocycles. The lowest BCUT2D eigenvalue weighted by Gasteiger charge is -2.21. The number of carbonyl (C=O) groups is 2. The van der Waals surface area contributed by atoms with Gasteiger partial charge in [0.15, 0.2) is 5.78 Å². The first kappa shape index (κ1) is 22.7. The van der Waals surface area contributed by atoms with Gasteiger partial charge in [0.2, 0.25) is 5.91 Å². The SMILES string of the molecule is CC(C)(C)C(=O)C1C[C@@H](Cc2ccc(-c3ccccc3)cc2)N(C=Cc2ccccc2)C1=O. The molecule has 33 heavy (non-hydrogen) atoms. The second kappa shape index (κ2) is 9.58. The fraction of sp³-hybridized carbons (Fsp3) is 0.267. The largest absolute Gasteiger partial charge is 0.315 e. The van der Waals surface area contributed by atoms with E-state index in [1.54, 1.807) is 4.90 Å². The highest BCUT2D eigenvalue weighted by atomic mass is 16.2. The first-order valence-electron chi connectivity index (χ1n) is 11.6. The van der Waals surface area contributed by atoms with E-state index in [0.29, 0.717) is 12.8 Å². The van der Waals surface area contributed by atoms with Gasteiger partial charge in [-0.3, -0.25) is 9.59 Å². The monoisotopic (exact) mass is 437 g/mol. The van der Waals surface area contributed by atoms with E-state index >= 15 is 0 Å². The van der Waals surface area contributed by atoms with E-state index in [-0.39, 0.29) is 17.7 Å². The van der Waals surface area contributed by atoms with Gasteiger partial charge in [0.05, 0.1) is 5.92 Å². The third kappa shape index (κ3) is 5.31. The highest BCUT2D eigenvalue weighted by Gasteiger charge is 2.45. The molecule has 0 N–H and O–H groups in total. The van der Waals surface area contributed by atoms with Gasteiger partial charge in [-0.2, -0.15) is 0 Å². The zero-order chi connectivity index (χ0) is 23.4. The van der Waals surface area contributed by atoms with E-state index in [1.807, 2.05) is 81.6 Å². The summed E-state index contributed by atoms with van der Waals surface area (Å²) >= 11 is 0. The van der Waals surface area contributed by atoms with Crippen LogP contribution < -0.4 is 0 Å². The van der Waals surface area contributed by atoms with Crippen molar-refractivity contribution in [2.24, 2.45) is 11.3 Å². The van der Waals surface area contributed by atoms with Crippen LogP contribution in [0.25, 0.3) is 17.2 Å². The van der Waals surface area contributed by atoms with Gasteiger partial charge < -0.3 is 4.90 Å². The third-order valence-corrected chi connectivity index (χ3v) is 6.27. The lowest BCUT2D eigenvalue weighted by Crippen LogP contribution is -2.34. The van der Waals surface area contributed by atoms with Crippen LogP contribution in [0, 0.1) is 11.3 Å². The van der Waals surface area contributed by atoms with Gasteiger partial charge in [-0.15, -0.1) is 0 Å². The molecule has 1 aliphatic rings. The molecule has 0 aromatic heterocycles. The van der Waals surface area contributed by atoms with Crippen molar-refractivity contribution in [1.29, 1.82) is 0 Å². The van der Waals surface area contributed by atoms with Crippen molar-refractivity contribution in [2.75, 3.05) is 0 Å². The Balaban J connectivity index is 1.57. The zero-order valence-electron chi connectivity index (χ0n) is 19.6. The normalized spacial score (nSPS) is 18.8. The standard InChI is InChI=1S/C30H31NO2/c1-30(2,3)28(32)27-21-26(31(29(27)33)19-18-22-10-6-4-7-11-22)20-23-14-16-25(17-15-23)24-12-8-5-9-13-24/h4-19,26-27H,20-21H2,1-3H3/t26-,27?/m1/s1. The lowest BCUT2D eigenvalue weighted by molar-refractivity contribution is -0.139. The van der Waals surface area contributed by atoms with Gasteiger partial charge in [-0.1, -0.05) is 106 Å². The summed E-state index contributed by atoms with van der Waals surface area (Å²) in [6.45, 7) is 5.67. The number of nitrogens with zero attached hydrogens (tertiary/aromatic N) is 1. The lowest BCUT2D eigenvalue weighted by atomic mass is 9.81. The van der Waals surface area contributed by atoms with Crippen LogP contribution in [0.1, 0.15) is 38.3 Å². The Morgan fingerprint density at radius 2 is 1.45 bits per heavy atom. The second-order valence-corrected chi connectivity index (χ2v) is 9.80. The molecule has 2 atom stereocenters.